The Morgan fingerprint density at radius 2 is 2.39 bits per heavy atom. The maximum atomic E-state index is 11.4. The van der Waals surface area contributed by atoms with Gasteiger partial charge in [0.15, 0.2) is 5.65 Å². The van der Waals surface area contributed by atoms with Crippen LogP contribution in [0, 0.1) is 0 Å². The standard InChI is InChI=1S/C11H15N5O2/c1-18-11(5-2-6-11)7-12-8-3-4-9-13-14-10(17)16(9)15-8/h3-4H,2,5-7H2,1H3,(H,12,15)(H,14,17). The summed E-state index contributed by atoms with van der Waals surface area (Å²) in [6.45, 7) is 0.703. The number of ether oxygens (including phenoxy) is 1. The Morgan fingerprint density at radius 1 is 1.56 bits per heavy atom. The van der Waals surface area contributed by atoms with Crippen LogP contribution in [0.1, 0.15) is 19.3 Å². The highest BCUT2D eigenvalue weighted by Gasteiger charge is 2.36. The van der Waals surface area contributed by atoms with Crippen LogP contribution in [0.5, 0.6) is 0 Å². The van der Waals surface area contributed by atoms with E-state index >= 15 is 0 Å². The summed E-state index contributed by atoms with van der Waals surface area (Å²) < 4.78 is 6.75. The summed E-state index contributed by atoms with van der Waals surface area (Å²) in [6, 6.07) is 3.55. The van der Waals surface area contributed by atoms with Gasteiger partial charge in [0.2, 0.25) is 0 Å². The molecular weight excluding hydrogens is 234 g/mol. The summed E-state index contributed by atoms with van der Waals surface area (Å²) in [7, 11) is 1.73. The second-order valence-electron chi connectivity index (χ2n) is 4.61. The maximum absolute atomic E-state index is 11.4. The fourth-order valence-electron chi connectivity index (χ4n) is 2.17. The van der Waals surface area contributed by atoms with E-state index < -0.39 is 0 Å². The number of methoxy groups -OCH3 is 1. The van der Waals surface area contributed by atoms with Gasteiger partial charge in [-0.2, -0.15) is 9.61 Å². The molecule has 1 aliphatic carbocycles. The molecule has 2 aromatic rings. The predicted molar refractivity (Wildman–Crippen MR) is 65.7 cm³/mol. The molecule has 0 radical (unpaired) electrons. The molecule has 0 spiro atoms. The molecular formula is C11H15N5O2. The molecule has 0 amide bonds. The predicted octanol–water partition coefficient (Wildman–Crippen LogP) is 0.399. The summed E-state index contributed by atoms with van der Waals surface area (Å²) >= 11 is 0. The topological polar surface area (TPSA) is 84.3 Å². The van der Waals surface area contributed by atoms with Crippen molar-refractivity contribution < 1.29 is 4.74 Å². The van der Waals surface area contributed by atoms with E-state index in [4.69, 9.17) is 4.74 Å². The molecule has 18 heavy (non-hydrogen) atoms. The largest absolute Gasteiger partial charge is 0.376 e. The first-order chi connectivity index (χ1) is 8.72. The number of aromatic amines is 1. The van der Waals surface area contributed by atoms with E-state index in [-0.39, 0.29) is 11.3 Å². The van der Waals surface area contributed by atoms with Gasteiger partial charge in [-0.1, -0.05) is 0 Å². The van der Waals surface area contributed by atoms with Crippen molar-refractivity contribution in [3.63, 3.8) is 0 Å². The van der Waals surface area contributed by atoms with Gasteiger partial charge in [0.25, 0.3) is 0 Å². The molecule has 2 N–H and O–H groups in total. The third kappa shape index (κ3) is 1.76. The lowest BCUT2D eigenvalue weighted by atomic mass is 9.80. The van der Waals surface area contributed by atoms with Gasteiger partial charge >= 0.3 is 5.69 Å². The van der Waals surface area contributed by atoms with E-state index in [0.717, 1.165) is 12.8 Å². The lowest BCUT2D eigenvalue weighted by Gasteiger charge is -2.40. The SMILES string of the molecule is COC1(CNc2ccc3n[nH]c(=O)n3n2)CCC1. The van der Waals surface area contributed by atoms with Gasteiger partial charge in [-0.15, -0.1) is 5.10 Å². The zero-order valence-corrected chi connectivity index (χ0v) is 10.1. The van der Waals surface area contributed by atoms with Crippen LogP contribution >= 0.6 is 0 Å². The van der Waals surface area contributed by atoms with E-state index in [9.17, 15) is 4.79 Å². The molecule has 2 aromatic heterocycles. The van der Waals surface area contributed by atoms with Crippen molar-refractivity contribution in [2.24, 2.45) is 0 Å². The zero-order chi connectivity index (χ0) is 12.6. The Bertz CT molecular complexity index is 608. The van der Waals surface area contributed by atoms with Crippen molar-refractivity contribution in [1.82, 2.24) is 19.8 Å². The minimum atomic E-state index is -0.334. The molecule has 1 aliphatic rings. The highest BCUT2D eigenvalue weighted by Crippen LogP contribution is 2.34. The van der Waals surface area contributed by atoms with Crippen LogP contribution in [-0.4, -0.2) is 39.1 Å². The van der Waals surface area contributed by atoms with E-state index in [1.54, 1.807) is 19.2 Å². The van der Waals surface area contributed by atoms with Crippen molar-refractivity contribution in [3.05, 3.63) is 22.6 Å². The van der Waals surface area contributed by atoms with Crippen LogP contribution in [0.2, 0.25) is 0 Å². The number of nitrogens with zero attached hydrogens (tertiary/aromatic N) is 3. The van der Waals surface area contributed by atoms with E-state index in [0.29, 0.717) is 18.0 Å². The number of H-pyrrole nitrogens is 1. The van der Waals surface area contributed by atoms with E-state index in [1.165, 1.54) is 10.9 Å². The van der Waals surface area contributed by atoms with Crippen molar-refractivity contribution >= 4 is 11.5 Å². The summed E-state index contributed by atoms with van der Waals surface area (Å²) in [6.07, 6.45) is 3.32. The summed E-state index contributed by atoms with van der Waals surface area (Å²) in [5, 5.41) is 13.6. The normalized spacial score (nSPS) is 17.6. The van der Waals surface area contributed by atoms with Crippen LogP contribution in [0.4, 0.5) is 5.82 Å². The van der Waals surface area contributed by atoms with Gasteiger partial charge in [-0.05, 0) is 31.4 Å². The van der Waals surface area contributed by atoms with E-state index in [2.05, 4.69) is 20.6 Å². The molecule has 1 saturated carbocycles. The minimum Gasteiger partial charge on any atom is -0.376 e. The van der Waals surface area contributed by atoms with Crippen LogP contribution in [0.25, 0.3) is 5.65 Å². The molecule has 3 rings (SSSR count). The summed E-state index contributed by atoms with van der Waals surface area (Å²) in [4.78, 5) is 11.4. The molecule has 0 unspecified atom stereocenters. The number of anilines is 1. The van der Waals surface area contributed by atoms with Gasteiger partial charge in [-0.25, -0.2) is 9.89 Å². The summed E-state index contributed by atoms with van der Waals surface area (Å²) in [5.74, 6) is 0.648. The van der Waals surface area contributed by atoms with E-state index in [1.807, 2.05) is 0 Å². The number of fused-ring (bicyclic) bond motifs is 1. The first-order valence-corrected chi connectivity index (χ1v) is 5.96. The third-order valence-electron chi connectivity index (χ3n) is 3.56. The van der Waals surface area contributed by atoms with Crippen LogP contribution < -0.4 is 11.0 Å². The quantitative estimate of drug-likeness (QED) is 0.819. The number of hydrogen-bond acceptors (Lipinski definition) is 5. The number of aromatic nitrogens is 4. The summed E-state index contributed by atoms with van der Waals surface area (Å²) in [5.41, 5.74) is 0.104. The number of nitrogens with one attached hydrogen (secondary N) is 2. The Hall–Kier alpha value is -1.89. The molecule has 0 aromatic carbocycles. The van der Waals surface area contributed by atoms with Crippen LogP contribution in [0.3, 0.4) is 0 Å². The monoisotopic (exact) mass is 249 g/mol. The highest BCUT2D eigenvalue weighted by molar-refractivity contribution is 5.43. The Balaban J connectivity index is 1.78. The fourth-order valence-corrected chi connectivity index (χ4v) is 2.17. The van der Waals surface area contributed by atoms with Crippen LogP contribution in [0.15, 0.2) is 16.9 Å². The van der Waals surface area contributed by atoms with Crippen molar-refractivity contribution in [2.45, 2.75) is 24.9 Å². The number of rotatable bonds is 4. The smallest absolute Gasteiger partial charge is 0.364 e. The molecule has 2 heterocycles. The number of hydrogen-bond donors (Lipinski definition) is 2. The maximum Gasteiger partial charge on any atom is 0.364 e. The fraction of sp³-hybridized carbons (Fsp3) is 0.545. The molecule has 0 aliphatic heterocycles. The average molecular weight is 249 g/mol. The highest BCUT2D eigenvalue weighted by atomic mass is 16.5. The molecule has 0 saturated heterocycles. The lowest BCUT2D eigenvalue weighted by molar-refractivity contribution is -0.0601. The van der Waals surface area contributed by atoms with Gasteiger partial charge in [0, 0.05) is 13.7 Å². The van der Waals surface area contributed by atoms with Crippen molar-refractivity contribution in [2.75, 3.05) is 19.0 Å². The van der Waals surface area contributed by atoms with Gasteiger partial charge in [0.05, 0.1) is 5.60 Å². The first kappa shape index (κ1) is 11.2. The van der Waals surface area contributed by atoms with Gasteiger partial charge in [-0.3, -0.25) is 0 Å². The molecule has 7 nitrogen and oxygen atoms in total. The molecule has 0 atom stereocenters. The minimum absolute atomic E-state index is 0.0714. The Labute approximate surface area is 103 Å². The first-order valence-electron chi connectivity index (χ1n) is 5.96. The van der Waals surface area contributed by atoms with Crippen molar-refractivity contribution in [1.29, 1.82) is 0 Å². The molecule has 7 heteroatoms. The third-order valence-corrected chi connectivity index (χ3v) is 3.56. The van der Waals surface area contributed by atoms with Gasteiger partial charge in [0.1, 0.15) is 5.82 Å². The van der Waals surface area contributed by atoms with Crippen LogP contribution in [-0.2, 0) is 4.74 Å². The second-order valence-corrected chi connectivity index (χ2v) is 4.61. The second kappa shape index (κ2) is 4.09. The van der Waals surface area contributed by atoms with Crippen molar-refractivity contribution in [3.8, 4) is 0 Å². The van der Waals surface area contributed by atoms with Gasteiger partial charge < -0.3 is 10.1 Å². The molecule has 1 fully saturated rings. The lowest BCUT2D eigenvalue weighted by Crippen LogP contribution is -2.45. The molecule has 0 bridgehead atoms. The average Bonchev–Trinajstić information content (AvgIpc) is 2.70. The Kier molecular flexibility index (Phi) is 2.55. The Morgan fingerprint density at radius 3 is 3.06 bits per heavy atom. The zero-order valence-electron chi connectivity index (χ0n) is 10.1. The molecule has 96 valence electrons.